The van der Waals surface area contributed by atoms with Gasteiger partial charge in [-0.25, -0.2) is 13.1 Å². The Morgan fingerprint density at radius 2 is 2.00 bits per heavy atom. The molecule has 0 heterocycles. The maximum absolute atomic E-state index is 12.1. The second-order valence-corrected chi connectivity index (χ2v) is 6.73. The lowest BCUT2D eigenvalue weighted by Crippen LogP contribution is -2.28. The first-order valence-corrected chi connectivity index (χ1v) is 8.07. The molecule has 1 N–H and O–H groups in total. The molecule has 0 aromatic heterocycles. The van der Waals surface area contributed by atoms with Gasteiger partial charge in [0.25, 0.3) is 0 Å². The molecule has 1 aromatic rings. The van der Waals surface area contributed by atoms with Crippen LogP contribution in [0, 0.1) is 12.8 Å². The molecular weight excluding hydrogens is 278 g/mol. The molecule has 0 aliphatic heterocycles. The Labute approximate surface area is 121 Å². The van der Waals surface area contributed by atoms with Crippen LogP contribution in [0.5, 0.6) is 5.75 Å². The number of rotatable bonds is 8. The molecule has 1 aromatic carbocycles. The van der Waals surface area contributed by atoms with E-state index in [2.05, 4.69) is 4.72 Å². The van der Waals surface area contributed by atoms with Gasteiger partial charge in [-0.2, -0.15) is 0 Å². The van der Waals surface area contributed by atoms with Crippen LogP contribution in [0.15, 0.2) is 23.1 Å². The van der Waals surface area contributed by atoms with Gasteiger partial charge in [-0.05, 0) is 36.6 Å². The summed E-state index contributed by atoms with van der Waals surface area (Å²) in [5.41, 5.74) is 0.653. The summed E-state index contributed by atoms with van der Waals surface area (Å²) in [6.07, 6.45) is 0. The first-order chi connectivity index (χ1) is 9.36. The molecule has 20 heavy (non-hydrogen) atoms. The Hall–Kier alpha value is -1.11. The van der Waals surface area contributed by atoms with Crippen LogP contribution in [0.3, 0.4) is 0 Å². The molecule has 0 aliphatic rings. The van der Waals surface area contributed by atoms with E-state index in [4.69, 9.17) is 9.47 Å². The molecule has 0 bridgehead atoms. The molecular formula is C14H23NO4S. The number of hydrogen-bond donors (Lipinski definition) is 1. The van der Waals surface area contributed by atoms with E-state index in [0.29, 0.717) is 30.4 Å². The van der Waals surface area contributed by atoms with Crippen molar-refractivity contribution in [3.05, 3.63) is 23.8 Å². The van der Waals surface area contributed by atoms with Crippen molar-refractivity contribution >= 4 is 10.0 Å². The summed E-state index contributed by atoms with van der Waals surface area (Å²) >= 11 is 0. The van der Waals surface area contributed by atoms with Gasteiger partial charge in [-0.1, -0.05) is 13.8 Å². The number of nitrogens with one attached hydrogen (secondary N) is 1. The zero-order valence-electron chi connectivity index (χ0n) is 12.5. The maximum atomic E-state index is 12.1. The molecule has 0 saturated carbocycles. The van der Waals surface area contributed by atoms with Crippen LogP contribution >= 0.6 is 0 Å². The zero-order chi connectivity index (χ0) is 15.2. The lowest BCUT2D eigenvalue weighted by atomic mass is 10.2. The average molecular weight is 301 g/mol. The first-order valence-electron chi connectivity index (χ1n) is 6.59. The number of benzene rings is 1. The molecule has 0 spiro atoms. The summed E-state index contributed by atoms with van der Waals surface area (Å²) in [6.45, 7) is 7.10. The molecule has 1 rings (SSSR count). The quantitative estimate of drug-likeness (QED) is 0.745. The van der Waals surface area contributed by atoms with Gasteiger partial charge in [0.1, 0.15) is 5.75 Å². The highest BCUT2D eigenvalue weighted by Gasteiger charge is 2.16. The molecule has 0 saturated heterocycles. The van der Waals surface area contributed by atoms with Gasteiger partial charge in [0.05, 0.1) is 18.6 Å². The lowest BCUT2D eigenvalue weighted by Gasteiger charge is -2.11. The maximum Gasteiger partial charge on any atom is 0.240 e. The molecule has 0 fully saturated rings. The van der Waals surface area contributed by atoms with Crippen LogP contribution in [0.2, 0.25) is 0 Å². The van der Waals surface area contributed by atoms with Crippen LogP contribution in [-0.2, 0) is 14.8 Å². The summed E-state index contributed by atoms with van der Waals surface area (Å²) in [5.74, 6) is 1.08. The molecule has 0 amide bonds. The third-order valence-corrected chi connectivity index (χ3v) is 4.28. The number of sulfonamides is 1. The standard InChI is InChI=1S/C14H23NO4S/c1-11(2)10-19-8-7-15-20(16,17)14-6-5-13(18-4)9-12(14)3/h5-6,9,11,15H,7-8,10H2,1-4H3. The van der Waals surface area contributed by atoms with Gasteiger partial charge in [-0.3, -0.25) is 0 Å². The number of aryl methyl sites for hydroxylation is 1. The SMILES string of the molecule is COc1ccc(S(=O)(=O)NCCOCC(C)C)c(C)c1. The summed E-state index contributed by atoms with van der Waals surface area (Å²) in [5, 5.41) is 0. The molecule has 114 valence electrons. The fourth-order valence-electron chi connectivity index (χ4n) is 1.70. The van der Waals surface area contributed by atoms with Crippen molar-refractivity contribution in [2.24, 2.45) is 5.92 Å². The Balaban J connectivity index is 2.60. The van der Waals surface area contributed by atoms with Crippen molar-refractivity contribution in [1.29, 1.82) is 0 Å². The van der Waals surface area contributed by atoms with E-state index in [0.717, 1.165) is 0 Å². The fraction of sp³-hybridized carbons (Fsp3) is 0.571. The van der Waals surface area contributed by atoms with Crippen molar-refractivity contribution in [2.45, 2.75) is 25.7 Å². The van der Waals surface area contributed by atoms with Crippen LogP contribution < -0.4 is 9.46 Å². The van der Waals surface area contributed by atoms with Gasteiger partial charge in [0.15, 0.2) is 0 Å². The Bertz CT molecular complexity index is 526. The minimum absolute atomic E-state index is 0.264. The van der Waals surface area contributed by atoms with Crippen molar-refractivity contribution in [3.8, 4) is 5.75 Å². The number of methoxy groups -OCH3 is 1. The van der Waals surface area contributed by atoms with Gasteiger partial charge >= 0.3 is 0 Å². The smallest absolute Gasteiger partial charge is 0.240 e. The van der Waals surface area contributed by atoms with Crippen LogP contribution in [-0.4, -0.2) is 35.3 Å². The Morgan fingerprint density at radius 3 is 2.55 bits per heavy atom. The predicted octanol–water partition coefficient (Wildman–Crippen LogP) is 1.95. The van der Waals surface area contributed by atoms with Gasteiger partial charge < -0.3 is 9.47 Å². The normalized spacial score (nSPS) is 11.8. The Kier molecular flexibility index (Phi) is 6.45. The monoisotopic (exact) mass is 301 g/mol. The predicted molar refractivity (Wildman–Crippen MR) is 78.6 cm³/mol. The van der Waals surface area contributed by atoms with E-state index in [1.807, 2.05) is 13.8 Å². The van der Waals surface area contributed by atoms with Gasteiger partial charge in [-0.15, -0.1) is 0 Å². The van der Waals surface area contributed by atoms with Crippen molar-refractivity contribution in [3.63, 3.8) is 0 Å². The van der Waals surface area contributed by atoms with Gasteiger partial charge in [0, 0.05) is 13.2 Å². The summed E-state index contributed by atoms with van der Waals surface area (Å²) in [6, 6.07) is 4.88. The summed E-state index contributed by atoms with van der Waals surface area (Å²) < 4.78 is 37.2. The number of ether oxygens (including phenoxy) is 2. The molecule has 0 aliphatic carbocycles. The molecule has 0 radical (unpaired) electrons. The highest BCUT2D eigenvalue weighted by atomic mass is 32.2. The van der Waals surface area contributed by atoms with Crippen molar-refractivity contribution in [2.75, 3.05) is 26.9 Å². The van der Waals surface area contributed by atoms with Gasteiger partial charge in [0.2, 0.25) is 10.0 Å². The minimum Gasteiger partial charge on any atom is -0.497 e. The topological polar surface area (TPSA) is 64.6 Å². The highest BCUT2D eigenvalue weighted by molar-refractivity contribution is 7.89. The van der Waals surface area contributed by atoms with E-state index >= 15 is 0 Å². The molecule has 5 nitrogen and oxygen atoms in total. The van der Waals surface area contributed by atoms with E-state index in [1.54, 1.807) is 32.2 Å². The van der Waals surface area contributed by atoms with Crippen LogP contribution in [0.4, 0.5) is 0 Å². The lowest BCUT2D eigenvalue weighted by molar-refractivity contribution is 0.114. The third-order valence-electron chi connectivity index (χ3n) is 2.66. The van der Waals surface area contributed by atoms with E-state index in [1.165, 1.54) is 0 Å². The minimum atomic E-state index is -3.50. The largest absolute Gasteiger partial charge is 0.497 e. The van der Waals surface area contributed by atoms with E-state index < -0.39 is 10.0 Å². The van der Waals surface area contributed by atoms with Crippen LogP contribution in [0.25, 0.3) is 0 Å². The summed E-state index contributed by atoms with van der Waals surface area (Å²) in [7, 11) is -1.95. The highest BCUT2D eigenvalue weighted by Crippen LogP contribution is 2.20. The molecule has 0 atom stereocenters. The van der Waals surface area contributed by atoms with Crippen molar-refractivity contribution < 1.29 is 17.9 Å². The van der Waals surface area contributed by atoms with E-state index in [9.17, 15) is 8.42 Å². The number of hydrogen-bond acceptors (Lipinski definition) is 4. The second kappa shape index (κ2) is 7.61. The van der Waals surface area contributed by atoms with E-state index in [-0.39, 0.29) is 11.4 Å². The molecule has 6 heteroatoms. The zero-order valence-corrected chi connectivity index (χ0v) is 13.3. The average Bonchev–Trinajstić information content (AvgIpc) is 2.37. The summed E-state index contributed by atoms with van der Waals surface area (Å²) in [4.78, 5) is 0.266. The third kappa shape index (κ3) is 5.11. The van der Waals surface area contributed by atoms with Crippen LogP contribution in [0.1, 0.15) is 19.4 Å². The molecule has 0 unspecified atom stereocenters. The second-order valence-electron chi connectivity index (χ2n) is 5.00. The fourth-order valence-corrected chi connectivity index (χ4v) is 2.93. The van der Waals surface area contributed by atoms with Crippen molar-refractivity contribution in [1.82, 2.24) is 4.72 Å². The Morgan fingerprint density at radius 1 is 1.30 bits per heavy atom. The first kappa shape index (κ1) is 16.9.